The number of hydrogen-bond acceptors (Lipinski definition) is 4. The van der Waals surface area contributed by atoms with Crippen LogP contribution in [0.3, 0.4) is 0 Å². The van der Waals surface area contributed by atoms with Crippen LogP contribution in [0.5, 0.6) is 0 Å². The van der Waals surface area contributed by atoms with Crippen molar-refractivity contribution in [1.82, 2.24) is 9.21 Å². The van der Waals surface area contributed by atoms with E-state index in [-0.39, 0.29) is 49.3 Å². The van der Waals surface area contributed by atoms with Crippen LogP contribution in [-0.4, -0.2) is 67.9 Å². The Morgan fingerprint density at radius 1 is 1.22 bits per heavy atom. The number of nitrogens with zero attached hydrogens (tertiary/aromatic N) is 3. The molecule has 2 heterocycles. The molecule has 2 aliphatic heterocycles. The van der Waals surface area contributed by atoms with Crippen molar-refractivity contribution in [3.05, 3.63) is 29.6 Å². The largest absolute Gasteiger partial charge is 0.340 e. The van der Waals surface area contributed by atoms with Gasteiger partial charge in [-0.05, 0) is 31.5 Å². The summed E-state index contributed by atoms with van der Waals surface area (Å²) in [6, 6.07) is 4.66. The summed E-state index contributed by atoms with van der Waals surface area (Å²) < 4.78 is 39.4. The average Bonchev–Trinajstić information content (AvgIpc) is 3.02. The maximum absolute atomic E-state index is 14.2. The Morgan fingerprint density at radius 2 is 1.89 bits per heavy atom. The van der Waals surface area contributed by atoms with Gasteiger partial charge in [-0.3, -0.25) is 9.59 Å². The fraction of sp³-hybridized carbons (Fsp3) is 0.556. The summed E-state index contributed by atoms with van der Waals surface area (Å²) in [5, 5.41) is 0. The lowest BCUT2D eigenvalue weighted by Gasteiger charge is -2.35. The number of sulfonamides is 1. The molecule has 0 radical (unpaired) electrons. The summed E-state index contributed by atoms with van der Waals surface area (Å²) in [7, 11) is -3.26. The van der Waals surface area contributed by atoms with Crippen LogP contribution in [0.25, 0.3) is 0 Å². The van der Waals surface area contributed by atoms with Crippen LogP contribution in [0.2, 0.25) is 0 Å². The van der Waals surface area contributed by atoms with Crippen molar-refractivity contribution >= 4 is 27.5 Å². The van der Waals surface area contributed by atoms with Crippen LogP contribution in [-0.2, 0) is 19.6 Å². The molecule has 0 saturated carbocycles. The Balaban J connectivity index is 1.65. The Kier molecular flexibility index (Phi) is 5.53. The predicted molar refractivity (Wildman–Crippen MR) is 99.2 cm³/mol. The van der Waals surface area contributed by atoms with Gasteiger partial charge in [0.1, 0.15) is 5.82 Å². The maximum Gasteiger partial charge on any atom is 0.228 e. The summed E-state index contributed by atoms with van der Waals surface area (Å²) >= 11 is 0. The summed E-state index contributed by atoms with van der Waals surface area (Å²) in [6.07, 6.45) is 0.0413. The normalized spacial score (nSPS) is 21.7. The number of carbonyl (C=O) groups excluding carboxylic acids is 2. The minimum absolute atomic E-state index is 0.0369. The number of aryl methyl sites for hydroxylation is 1. The van der Waals surface area contributed by atoms with E-state index >= 15 is 0 Å². The minimum Gasteiger partial charge on any atom is -0.340 e. The lowest BCUT2D eigenvalue weighted by Crippen LogP contribution is -2.52. The van der Waals surface area contributed by atoms with Crippen molar-refractivity contribution in [2.24, 2.45) is 5.92 Å². The number of piperazine rings is 1. The first-order valence-corrected chi connectivity index (χ1v) is 10.7. The van der Waals surface area contributed by atoms with Gasteiger partial charge in [-0.2, -0.15) is 4.31 Å². The fourth-order valence-electron chi connectivity index (χ4n) is 3.56. The van der Waals surface area contributed by atoms with Crippen LogP contribution in [0.15, 0.2) is 18.2 Å². The monoisotopic (exact) mass is 397 g/mol. The molecule has 148 valence electrons. The molecule has 0 bridgehead atoms. The van der Waals surface area contributed by atoms with E-state index in [2.05, 4.69) is 0 Å². The molecular formula is C18H24FN3O4S. The number of benzene rings is 1. The average molecular weight is 397 g/mol. The van der Waals surface area contributed by atoms with Crippen molar-refractivity contribution in [3.63, 3.8) is 0 Å². The molecule has 2 fully saturated rings. The molecular weight excluding hydrogens is 373 g/mol. The van der Waals surface area contributed by atoms with E-state index in [4.69, 9.17) is 0 Å². The first-order chi connectivity index (χ1) is 12.7. The van der Waals surface area contributed by atoms with E-state index < -0.39 is 21.8 Å². The lowest BCUT2D eigenvalue weighted by molar-refractivity contribution is -0.136. The van der Waals surface area contributed by atoms with Crippen LogP contribution < -0.4 is 4.90 Å². The summed E-state index contributed by atoms with van der Waals surface area (Å²) in [6.45, 7) is 4.64. The molecule has 2 amide bonds. The molecule has 1 aromatic rings. The first-order valence-electron chi connectivity index (χ1n) is 9.06. The highest BCUT2D eigenvalue weighted by Crippen LogP contribution is 2.29. The highest BCUT2D eigenvalue weighted by atomic mass is 32.2. The Bertz CT molecular complexity index is 850. The second-order valence-electron chi connectivity index (χ2n) is 6.99. The Labute approximate surface area is 158 Å². The SMILES string of the molecule is CCS(=O)(=O)N1CCN(C(=O)C2CC(=O)N(c3ccc(C)cc3F)C2)CC1. The molecule has 3 rings (SSSR count). The Morgan fingerprint density at radius 3 is 2.48 bits per heavy atom. The quantitative estimate of drug-likeness (QED) is 0.759. The van der Waals surface area contributed by atoms with Gasteiger partial charge in [-0.1, -0.05) is 6.07 Å². The number of halogens is 1. The van der Waals surface area contributed by atoms with Gasteiger partial charge in [0, 0.05) is 39.1 Å². The molecule has 9 heteroatoms. The van der Waals surface area contributed by atoms with Gasteiger partial charge in [0.15, 0.2) is 0 Å². The van der Waals surface area contributed by atoms with Gasteiger partial charge < -0.3 is 9.80 Å². The highest BCUT2D eigenvalue weighted by molar-refractivity contribution is 7.89. The van der Waals surface area contributed by atoms with E-state index in [9.17, 15) is 22.4 Å². The third-order valence-corrected chi connectivity index (χ3v) is 7.06. The van der Waals surface area contributed by atoms with Crippen molar-refractivity contribution in [3.8, 4) is 0 Å². The third kappa shape index (κ3) is 3.98. The second-order valence-corrected chi connectivity index (χ2v) is 9.24. The zero-order valence-corrected chi connectivity index (χ0v) is 16.3. The van der Waals surface area contributed by atoms with E-state index in [1.54, 1.807) is 30.9 Å². The van der Waals surface area contributed by atoms with Crippen LogP contribution in [0.4, 0.5) is 10.1 Å². The molecule has 1 atom stereocenters. The molecule has 7 nitrogen and oxygen atoms in total. The predicted octanol–water partition coefficient (Wildman–Crippen LogP) is 0.981. The molecule has 2 aliphatic rings. The van der Waals surface area contributed by atoms with E-state index in [0.29, 0.717) is 13.1 Å². The number of amides is 2. The Hall–Kier alpha value is -2.00. The smallest absolute Gasteiger partial charge is 0.228 e. The zero-order chi connectivity index (χ0) is 19.8. The number of hydrogen-bond donors (Lipinski definition) is 0. The molecule has 0 N–H and O–H groups in total. The standard InChI is InChI=1S/C18H24FN3O4S/c1-3-27(25,26)21-8-6-20(7-9-21)18(24)14-11-17(23)22(12-14)16-5-4-13(2)10-15(16)19/h4-5,10,14H,3,6-9,11-12H2,1-2H3. The minimum atomic E-state index is -3.26. The first kappa shape index (κ1) is 19.8. The van der Waals surface area contributed by atoms with E-state index in [1.165, 1.54) is 15.3 Å². The van der Waals surface area contributed by atoms with Gasteiger partial charge in [0.25, 0.3) is 0 Å². The van der Waals surface area contributed by atoms with Gasteiger partial charge in [-0.25, -0.2) is 12.8 Å². The van der Waals surface area contributed by atoms with Crippen molar-refractivity contribution in [1.29, 1.82) is 0 Å². The van der Waals surface area contributed by atoms with Crippen LogP contribution in [0, 0.1) is 18.7 Å². The van der Waals surface area contributed by atoms with Crippen molar-refractivity contribution in [2.75, 3.05) is 43.4 Å². The molecule has 1 unspecified atom stereocenters. The lowest BCUT2D eigenvalue weighted by atomic mass is 10.1. The summed E-state index contributed by atoms with van der Waals surface area (Å²) in [5.74, 6) is -1.42. The van der Waals surface area contributed by atoms with Gasteiger partial charge in [0.05, 0.1) is 17.4 Å². The van der Waals surface area contributed by atoms with Crippen molar-refractivity contribution in [2.45, 2.75) is 20.3 Å². The van der Waals surface area contributed by atoms with Gasteiger partial charge in [-0.15, -0.1) is 0 Å². The van der Waals surface area contributed by atoms with E-state index in [1.807, 2.05) is 0 Å². The molecule has 0 aromatic heterocycles. The number of carbonyl (C=O) groups is 2. The molecule has 0 spiro atoms. The van der Waals surface area contributed by atoms with Crippen LogP contribution in [0.1, 0.15) is 18.9 Å². The summed E-state index contributed by atoms with van der Waals surface area (Å²) in [4.78, 5) is 28.0. The highest BCUT2D eigenvalue weighted by Gasteiger charge is 2.39. The number of anilines is 1. The number of rotatable bonds is 4. The topological polar surface area (TPSA) is 78.0 Å². The van der Waals surface area contributed by atoms with Crippen LogP contribution >= 0.6 is 0 Å². The van der Waals surface area contributed by atoms with Gasteiger partial charge in [0.2, 0.25) is 21.8 Å². The van der Waals surface area contributed by atoms with Gasteiger partial charge >= 0.3 is 0 Å². The molecule has 1 aromatic carbocycles. The third-order valence-electron chi connectivity index (χ3n) is 5.18. The molecule has 27 heavy (non-hydrogen) atoms. The zero-order valence-electron chi connectivity index (χ0n) is 15.5. The maximum atomic E-state index is 14.2. The fourth-order valence-corrected chi connectivity index (χ4v) is 4.65. The second kappa shape index (κ2) is 7.55. The van der Waals surface area contributed by atoms with Crippen molar-refractivity contribution < 1.29 is 22.4 Å². The molecule has 2 saturated heterocycles. The summed E-state index contributed by atoms with van der Waals surface area (Å²) in [5.41, 5.74) is 0.954. The molecule has 0 aliphatic carbocycles. The van der Waals surface area contributed by atoms with E-state index in [0.717, 1.165) is 5.56 Å².